The SMILES string of the molecule is COc1ccccc1C1C(C(=O)C(C)C)C(=O)C(=O)N1c1ccc(-c2ccco2)cc1. The third-order valence-electron chi connectivity index (χ3n) is 5.59. The lowest BCUT2D eigenvalue weighted by atomic mass is 9.84. The Bertz CT molecular complexity index is 1120. The Balaban J connectivity index is 1.83. The Morgan fingerprint density at radius 2 is 1.71 bits per heavy atom. The summed E-state index contributed by atoms with van der Waals surface area (Å²) in [5.41, 5.74) is 2.00. The zero-order valence-corrected chi connectivity index (χ0v) is 17.6. The van der Waals surface area contributed by atoms with Gasteiger partial charge in [-0.1, -0.05) is 32.0 Å². The number of carbonyl (C=O) groups excluding carboxylic acids is 3. The summed E-state index contributed by atoms with van der Waals surface area (Å²) in [6.45, 7) is 3.47. The summed E-state index contributed by atoms with van der Waals surface area (Å²) in [6.07, 6.45) is 1.59. The molecule has 31 heavy (non-hydrogen) atoms. The van der Waals surface area contributed by atoms with Gasteiger partial charge in [-0.25, -0.2) is 0 Å². The van der Waals surface area contributed by atoms with Crippen LogP contribution >= 0.6 is 0 Å². The first-order valence-corrected chi connectivity index (χ1v) is 10.1. The number of furan rings is 1. The van der Waals surface area contributed by atoms with Crippen LogP contribution in [0.3, 0.4) is 0 Å². The normalized spacial score (nSPS) is 18.6. The van der Waals surface area contributed by atoms with Crippen LogP contribution in [-0.4, -0.2) is 24.6 Å². The fourth-order valence-electron chi connectivity index (χ4n) is 4.05. The van der Waals surface area contributed by atoms with Crippen molar-refractivity contribution in [2.45, 2.75) is 19.9 Å². The van der Waals surface area contributed by atoms with E-state index < -0.39 is 23.7 Å². The smallest absolute Gasteiger partial charge is 0.295 e. The molecule has 1 aliphatic heterocycles. The molecule has 1 amide bonds. The molecule has 2 heterocycles. The lowest BCUT2D eigenvalue weighted by molar-refractivity contribution is -0.139. The number of para-hydroxylation sites is 1. The summed E-state index contributed by atoms with van der Waals surface area (Å²) in [5.74, 6) is -1.90. The maximum absolute atomic E-state index is 13.1. The monoisotopic (exact) mass is 417 g/mol. The summed E-state index contributed by atoms with van der Waals surface area (Å²) >= 11 is 0. The van der Waals surface area contributed by atoms with Crippen LogP contribution in [0.4, 0.5) is 5.69 Å². The van der Waals surface area contributed by atoms with Crippen molar-refractivity contribution in [2.75, 3.05) is 12.0 Å². The van der Waals surface area contributed by atoms with Gasteiger partial charge in [-0.2, -0.15) is 0 Å². The van der Waals surface area contributed by atoms with E-state index in [1.54, 1.807) is 56.5 Å². The second kappa shape index (κ2) is 8.22. The van der Waals surface area contributed by atoms with Crippen molar-refractivity contribution in [1.82, 2.24) is 0 Å². The first-order chi connectivity index (χ1) is 14.9. The van der Waals surface area contributed by atoms with Crippen LogP contribution in [0.5, 0.6) is 5.75 Å². The van der Waals surface area contributed by atoms with E-state index in [0.29, 0.717) is 22.8 Å². The van der Waals surface area contributed by atoms with E-state index in [0.717, 1.165) is 5.56 Å². The van der Waals surface area contributed by atoms with Crippen LogP contribution in [-0.2, 0) is 14.4 Å². The van der Waals surface area contributed by atoms with Crippen molar-refractivity contribution >= 4 is 23.2 Å². The molecule has 0 spiro atoms. The van der Waals surface area contributed by atoms with Crippen LogP contribution in [0, 0.1) is 11.8 Å². The molecule has 6 heteroatoms. The minimum absolute atomic E-state index is 0.260. The molecule has 158 valence electrons. The number of amides is 1. The number of methoxy groups -OCH3 is 1. The van der Waals surface area contributed by atoms with E-state index in [9.17, 15) is 14.4 Å². The van der Waals surface area contributed by atoms with Crippen LogP contribution in [0.1, 0.15) is 25.5 Å². The summed E-state index contributed by atoms with van der Waals surface area (Å²) < 4.78 is 10.9. The molecule has 6 nitrogen and oxygen atoms in total. The minimum atomic E-state index is -1.09. The quantitative estimate of drug-likeness (QED) is 0.437. The molecule has 2 unspecified atom stereocenters. The third-order valence-corrected chi connectivity index (χ3v) is 5.59. The van der Waals surface area contributed by atoms with Gasteiger partial charge in [0.25, 0.3) is 5.91 Å². The van der Waals surface area contributed by atoms with Crippen molar-refractivity contribution in [1.29, 1.82) is 0 Å². The van der Waals surface area contributed by atoms with Gasteiger partial charge in [0.15, 0.2) is 0 Å². The molecule has 1 fully saturated rings. The molecule has 0 radical (unpaired) electrons. The van der Waals surface area contributed by atoms with Gasteiger partial charge in [0, 0.05) is 22.7 Å². The van der Waals surface area contributed by atoms with Crippen LogP contribution in [0.15, 0.2) is 71.3 Å². The predicted molar refractivity (Wildman–Crippen MR) is 116 cm³/mol. The van der Waals surface area contributed by atoms with Crippen LogP contribution < -0.4 is 9.64 Å². The molecule has 1 aliphatic rings. The Morgan fingerprint density at radius 1 is 1.00 bits per heavy atom. The zero-order valence-electron chi connectivity index (χ0n) is 17.6. The number of ether oxygens (including phenoxy) is 1. The largest absolute Gasteiger partial charge is 0.496 e. The van der Waals surface area contributed by atoms with Gasteiger partial charge in [-0.05, 0) is 42.5 Å². The fraction of sp³-hybridized carbons (Fsp3) is 0.240. The van der Waals surface area contributed by atoms with Crippen molar-refractivity contribution in [3.05, 3.63) is 72.5 Å². The zero-order chi connectivity index (χ0) is 22.1. The second-order valence-corrected chi connectivity index (χ2v) is 7.79. The van der Waals surface area contributed by atoms with Crippen LogP contribution in [0.25, 0.3) is 11.3 Å². The number of benzene rings is 2. The predicted octanol–water partition coefficient (Wildman–Crippen LogP) is 4.45. The second-order valence-electron chi connectivity index (χ2n) is 7.79. The average Bonchev–Trinajstić information content (AvgIpc) is 3.41. The first kappa shape index (κ1) is 20.6. The number of nitrogens with zero attached hydrogens (tertiary/aromatic N) is 1. The molecule has 4 rings (SSSR count). The topological polar surface area (TPSA) is 76.8 Å². The Kier molecular flexibility index (Phi) is 5.46. The molecular formula is C25H23NO5. The van der Waals surface area contributed by atoms with Crippen molar-refractivity contribution < 1.29 is 23.5 Å². The van der Waals surface area contributed by atoms with Crippen LogP contribution in [0.2, 0.25) is 0 Å². The molecule has 0 bridgehead atoms. The highest BCUT2D eigenvalue weighted by atomic mass is 16.5. The molecule has 2 aromatic carbocycles. The molecule has 2 atom stereocenters. The lowest BCUT2D eigenvalue weighted by Gasteiger charge is -2.29. The summed E-state index contributed by atoms with van der Waals surface area (Å²) in [5, 5.41) is 0. The highest BCUT2D eigenvalue weighted by molar-refractivity contribution is 6.48. The number of anilines is 1. The van der Waals surface area contributed by atoms with Gasteiger partial charge in [0.05, 0.1) is 19.4 Å². The number of Topliss-reactive ketones (excluding diaryl/α,β-unsaturated/α-hetero) is 2. The maximum atomic E-state index is 13.1. The molecule has 1 saturated heterocycles. The highest BCUT2D eigenvalue weighted by Gasteiger charge is 2.53. The maximum Gasteiger partial charge on any atom is 0.295 e. The number of rotatable bonds is 6. The molecule has 0 aliphatic carbocycles. The van der Waals surface area contributed by atoms with E-state index in [4.69, 9.17) is 9.15 Å². The Hall–Kier alpha value is -3.67. The highest BCUT2D eigenvalue weighted by Crippen LogP contribution is 2.44. The van der Waals surface area contributed by atoms with Gasteiger partial charge < -0.3 is 9.15 Å². The summed E-state index contributed by atoms with van der Waals surface area (Å²) in [4.78, 5) is 40.5. The van der Waals surface area contributed by atoms with Gasteiger partial charge in [-0.15, -0.1) is 0 Å². The number of ketones is 2. The van der Waals surface area contributed by atoms with E-state index in [2.05, 4.69) is 0 Å². The number of hydrogen-bond donors (Lipinski definition) is 0. The molecule has 3 aromatic rings. The Labute approximate surface area is 180 Å². The van der Waals surface area contributed by atoms with Crippen molar-refractivity contribution in [2.24, 2.45) is 11.8 Å². The van der Waals surface area contributed by atoms with E-state index in [1.165, 1.54) is 12.0 Å². The first-order valence-electron chi connectivity index (χ1n) is 10.1. The Morgan fingerprint density at radius 3 is 2.32 bits per heavy atom. The lowest BCUT2D eigenvalue weighted by Crippen LogP contribution is -2.32. The minimum Gasteiger partial charge on any atom is -0.496 e. The van der Waals surface area contributed by atoms with E-state index in [-0.39, 0.29) is 11.7 Å². The van der Waals surface area contributed by atoms with Gasteiger partial charge in [0.2, 0.25) is 5.78 Å². The van der Waals surface area contributed by atoms with E-state index in [1.807, 2.05) is 24.3 Å². The molecule has 1 aromatic heterocycles. The fourth-order valence-corrected chi connectivity index (χ4v) is 4.05. The number of carbonyl (C=O) groups is 3. The van der Waals surface area contributed by atoms with Gasteiger partial charge >= 0.3 is 0 Å². The van der Waals surface area contributed by atoms with E-state index >= 15 is 0 Å². The molecule has 0 N–H and O–H groups in total. The standard InChI is InChI=1S/C25H23NO5/c1-15(2)23(27)21-22(18-7-4-5-8-20(18)30-3)26(25(29)24(21)28)17-12-10-16(11-13-17)19-9-6-14-31-19/h4-15,21-22H,1-3H3. The molecular weight excluding hydrogens is 394 g/mol. The van der Waals surface area contributed by atoms with Crippen molar-refractivity contribution in [3.63, 3.8) is 0 Å². The number of hydrogen-bond acceptors (Lipinski definition) is 5. The van der Waals surface area contributed by atoms with Crippen molar-refractivity contribution in [3.8, 4) is 17.1 Å². The third kappa shape index (κ3) is 3.54. The molecule has 0 saturated carbocycles. The average molecular weight is 417 g/mol. The summed E-state index contributed by atoms with van der Waals surface area (Å²) in [7, 11) is 1.53. The van der Waals surface area contributed by atoms with Gasteiger partial charge in [0.1, 0.15) is 23.2 Å². The summed E-state index contributed by atoms with van der Waals surface area (Å²) in [6, 6.07) is 17.2. The van der Waals surface area contributed by atoms with Gasteiger partial charge in [-0.3, -0.25) is 19.3 Å².